The van der Waals surface area contributed by atoms with Gasteiger partial charge in [-0.3, -0.25) is 9.78 Å². The molecule has 1 aromatic carbocycles. The number of hydrogen-bond acceptors (Lipinski definition) is 6. The second-order valence-corrected chi connectivity index (χ2v) is 7.16. The molecule has 5 nitrogen and oxygen atoms in total. The molecule has 6 heteroatoms. The summed E-state index contributed by atoms with van der Waals surface area (Å²) in [5.41, 5.74) is 3.37. The Hall–Kier alpha value is -2.60. The van der Waals surface area contributed by atoms with Crippen molar-refractivity contribution in [1.82, 2.24) is 4.98 Å². The minimum absolute atomic E-state index is 0.00119. The van der Waals surface area contributed by atoms with Crippen molar-refractivity contribution in [2.24, 2.45) is 5.18 Å². The molecule has 1 unspecified atom stereocenters. The standard InChI is InChI=1S/C19H17N3O2S/c1-2-21-19-17(14-7-8-20-10-16(14)25-19)18(23)12-3-5-13-11(9-12)4-6-15(13)22-24/h3,5,7-10,15,21H,2,4,6H2,1H3. The lowest BCUT2D eigenvalue weighted by Crippen LogP contribution is -2.06. The number of aromatic nitrogens is 1. The Bertz CT molecular complexity index is 980. The molecule has 0 fully saturated rings. The highest BCUT2D eigenvalue weighted by atomic mass is 32.1. The van der Waals surface area contributed by atoms with Crippen LogP contribution in [-0.2, 0) is 6.42 Å². The fraction of sp³-hybridized carbons (Fsp3) is 0.263. The summed E-state index contributed by atoms with van der Waals surface area (Å²) in [7, 11) is 0. The molecule has 1 atom stereocenters. The maximum Gasteiger partial charge on any atom is 0.196 e. The number of carbonyl (C=O) groups is 1. The van der Waals surface area contributed by atoms with Gasteiger partial charge in [-0.1, -0.05) is 17.3 Å². The molecule has 126 valence electrons. The van der Waals surface area contributed by atoms with E-state index in [0.717, 1.165) is 45.6 Å². The molecule has 4 rings (SSSR count). The molecular weight excluding hydrogens is 334 g/mol. The van der Waals surface area contributed by atoms with Gasteiger partial charge in [0.05, 0.1) is 10.3 Å². The Labute approximate surface area is 149 Å². The van der Waals surface area contributed by atoms with Gasteiger partial charge in [0.15, 0.2) is 5.78 Å². The molecule has 0 saturated carbocycles. The van der Waals surface area contributed by atoms with Gasteiger partial charge in [0.1, 0.15) is 11.0 Å². The van der Waals surface area contributed by atoms with E-state index in [1.165, 1.54) is 0 Å². The lowest BCUT2D eigenvalue weighted by molar-refractivity contribution is 0.104. The number of ketones is 1. The van der Waals surface area contributed by atoms with Crippen LogP contribution in [0.2, 0.25) is 0 Å². The molecule has 1 aliphatic carbocycles. The van der Waals surface area contributed by atoms with E-state index in [2.05, 4.69) is 15.5 Å². The Morgan fingerprint density at radius 3 is 3.08 bits per heavy atom. The highest BCUT2D eigenvalue weighted by Gasteiger charge is 2.26. The van der Waals surface area contributed by atoms with E-state index in [9.17, 15) is 9.70 Å². The summed E-state index contributed by atoms with van der Waals surface area (Å²) in [6.45, 7) is 2.76. The number of carbonyl (C=O) groups excluding carboxylic acids is 1. The van der Waals surface area contributed by atoms with Gasteiger partial charge in [-0.05, 0) is 43.0 Å². The third-order valence-electron chi connectivity index (χ3n) is 4.64. The summed E-state index contributed by atoms with van der Waals surface area (Å²) >= 11 is 1.55. The van der Waals surface area contributed by atoms with Crippen molar-refractivity contribution in [2.75, 3.05) is 11.9 Å². The quantitative estimate of drug-likeness (QED) is 0.533. The molecule has 1 aliphatic rings. The van der Waals surface area contributed by atoms with Crippen molar-refractivity contribution in [3.63, 3.8) is 0 Å². The second kappa shape index (κ2) is 6.37. The van der Waals surface area contributed by atoms with E-state index in [-0.39, 0.29) is 11.8 Å². The molecule has 0 aliphatic heterocycles. The number of aryl methyl sites for hydroxylation is 1. The number of pyridine rings is 1. The molecule has 2 aromatic heterocycles. The van der Waals surface area contributed by atoms with Gasteiger partial charge in [-0.15, -0.1) is 11.3 Å². The molecule has 1 N–H and O–H groups in total. The van der Waals surface area contributed by atoms with Crippen molar-refractivity contribution >= 4 is 32.2 Å². The summed E-state index contributed by atoms with van der Waals surface area (Å²) < 4.78 is 0.994. The highest BCUT2D eigenvalue weighted by molar-refractivity contribution is 7.23. The minimum atomic E-state index is -0.274. The third kappa shape index (κ3) is 2.62. The van der Waals surface area contributed by atoms with Gasteiger partial charge >= 0.3 is 0 Å². The molecule has 0 saturated heterocycles. The Morgan fingerprint density at radius 2 is 2.28 bits per heavy atom. The van der Waals surface area contributed by atoms with Crippen LogP contribution < -0.4 is 5.32 Å². The first-order valence-corrected chi connectivity index (χ1v) is 9.15. The van der Waals surface area contributed by atoms with Crippen LogP contribution >= 0.6 is 11.3 Å². The molecule has 0 radical (unpaired) electrons. The zero-order valence-electron chi connectivity index (χ0n) is 13.8. The zero-order valence-corrected chi connectivity index (χ0v) is 14.6. The van der Waals surface area contributed by atoms with Crippen molar-refractivity contribution in [3.8, 4) is 0 Å². The topological polar surface area (TPSA) is 71.4 Å². The lowest BCUT2D eigenvalue weighted by Gasteiger charge is -2.08. The monoisotopic (exact) mass is 351 g/mol. The molecule has 2 heterocycles. The number of fused-ring (bicyclic) bond motifs is 2. The Balaban J connectivity index is 1.80. The largest absolute Gasteiger partial charge is 0.377 e. The van der Waals surface area contributed by atoms with E-state index < -0.39 is 0 Å². The van der Waals surface area contributed by atoms with Crippen LogP contribution in [0.15, 0.2) is 41.8 Å². The van der Waals surface area contributed by atoms with Gasteiger partial charge in [0.2, 0.25) is 0 Å². The fourth-order valence-electron chi connectivity index (χ4n) is 3.45. The molecule has 3 aromatic rings. The first-order valence-electron chi connectivity index (χ1n) is 8.33. The number of benzene rings is 1. The number of nitroso groups, excluding NO2 is 1. The van der Waals surface area contributed by atoms with Crippen molar-refractivity contribution in [3.05, 3.63) is 63.8 Å². The van der Waals surface area contributed by atoms with Gasteiger partial charge in [-0.2, -0.15) is 4.91 Å². The van der Waals surface area contributed by atoms with Crippen LogP contribution in [0.5, 0.6) is 0 Å². The second-order valence-electron chi connectivity index (χ2n) is 6.11. The van der Waals surface area contributed by atoms with E-state index in [1.54, 1.807) is 23.7 Å². The lowest BCUT2D eigenvalue weighted by atomic mass is 9.98. The van der Waals surface area contributed by atoms with Crippen LogP contribution in [0.4, 0.5) is 5.00 Å². The number of anilines is 1. The normalized spacial score (nSPS) is 16.0. The van der Waals surface area contributed by atoms with Crippen LogP contribution in [-0.4, -0.2) is 17.3 Å². The van der Waals surface area contributed by atoms with E-state index in [4.69, 9.17) is 0 Å². The minimum Gasteiger partial charge on any atom is -0.377 e. The summed E-state index contributed by atoms with van der Waals surface area (Å²) in [5, 5.41) is 8.28. The summed E-state index contributed by atoms with van der Waals surface area (Å²) in [6.07, 6.45) is 5.03. The third-order valence-corrected chi connectivity index (χ3v) is 5.73. The van der Waals surface area contributed by atoms with E-state index in [0.29, 0.717) is 11.1 Å². The average molecular weight is 351 g/mol. The number of hydrogen-bond donors (Lipinski definition) is 1. The van der Waals surface area contributed by atoms with Crippen molar-refractivity contribution < 1.29 is 4.79 Å². The van der Waals surface area contributed by atoms with E-state index >= 15 is 0 Å². The summed E-state index contributed by atoms with van der Waals surface area (Å²) in [6, 6.07) is 7.23. The number of nitrogens with one attached hydrogen (secondary N) is 1. The number of rotatable bonds is 5. The predicted octanol–water partition coefficient (Wildman–Crippen LogP) is 4.71. The first-order chi connectivity index (χ1) is 12.2. The van der Waals surface area contributed by atoms with Gasteiger partial charge in [-0.25, -0.2) is 0 Å². The Morgan fingerprint density at radius 1 is 1.40 bits per heavy atom. The average Bonchev–Trinajstić information content (AvgIpc) is 3.21. The summed E-state index contributed by atoms with van der Waals surface area (Å²) in [5.74, 6) is -0.00119. The van der Waals surface area contributed by atoms with Crippen LogP contribution in [0.25, 0.3) is 10.1 Å². The van der Waals surface area contributed by atoms with E-state index in [1.807, 2.05) is 31.2 Å². The predicted molar refractivity (Wildman–Crippen MR) is 101 cm³/mol. The summed E-state index contributed by atoms with van der Waals surface area (Å²) in [4.78, 5) is 28.3. The maximum atomic E-state index is 13.2. The fourth-order valence-corrected chi connectivity index (χ4v) is 4.59. The van der Waals surface area contributed by atoms with Crippen molar-refractivity contribution in [1.29, 1.82) is 0 Å². The molecule has 25 heavy (non-hydrogen) atoms. The number of nitrogens with zero attached hydrogens (tertiary/aromatic N) is 2. The molecular formula is C19H17N3O2S. The van der Waals surface area contributed by atoms with Gasteiger partial charge in [0.25, 0.3) is 0 Å². The van der Waals surface area contributed by atoms with Gasteiger partial charge in [0, 0.05) is 29.9 Å². The highest BCUT2D eigenvalue weighted by Crippen LogP contribution is 2.38. The van der Waals surface area contributed by atoms with Crippen LogP contribution in [0.1, 0.15) is 46.4 Å². The zero-order chi connectivity index (χ0) is 17.4. The Kier molecular flexibility index (Phi) is 4.05. The number of thiophene rings is 1. The molecule has 0 spiro atoms. The molecule has 0 amide bonds. The van der Waals surface area contributed by atoms with Gasteiger partial charge < -0.3 is 5.32 Å². The molecule has 0 bridgehead atoms. The van der Waals surface area contributed by atoms with Crippen molar-refractivity contribution in [2.45, 2.75) is 25.8 Å². The van der Waals surface area contributed by atoms with Crippen LogP contribution in [0, 0.1) is 4.91 Å². The first kappa shape index (κ1) is 15.9. The smallest absolute Gasteiger partial charge is 0.196 e. The maximum absolute atomic E-state index is 13.2. The SMILES string of the molecule is CCNc1sc2cnccc2c1C(=O)c1ccc2c(c1)CCC2N=O. The van der Waals surface area contributed by atoms with Crippen LogP contribution in [0.3, 0.4) is 0 Å².